The Morgan fingerprint density at radius 2 is 1.97 bits per heavy atom. The molecule has 4 aromatic rings. The molecule has 0 radical (unpaired) electrons. The van der Waals surface area contributed by atoms with Crippen molar-refractivity contribution in [1.29, 1.82) is 0 Å². The fourth-order valence-electron chi connectivity index (χ4n) is 5.41. The number of carbonyl (C=O) groups excluding carboxylic acids is 2. The van der Waals surface area contributed by atoms with Gasteiger partial charge in [-0.3, -0.25) is 9.59 Å². The molecule has 0 bridgehead atoms. The summed E-state index contributed by atoms with van der Waals surface area (Å²) in [6, 6.07) is 13.8. The molecule has 2 heterocycles. The summed E-state index contributed by atoms with van der Waals surface area (Å²) in [7, 11) is 1.55. The molecule has 0 amide bonds. The molecule has 0 N–H and O–H groups in total. The molecule has 2 aromatic carbocycles. The van der Waals surface area contributed by atoms with Crippen LogP contribution in [-0.4, -0.2) is 28.2 Å². The van der Waals surface area contributed by atoms with Gasteiger partial charge in [0, 0.05) is 24.9 Å². The Balaban J connectivity index is 1.57. The third-order valence-electron chi connectivity index (χ3n) is 7.19. The number of fused-ring (bicyclic) bond motifs is 1. The van der Waals surface area contributed by atoms with E-state index in [-0.39, 0.29) is 29.3 Å². The number of Topliss-reactive ketones (excluding diaryl/α,β-unsaturated/α-hetero) is 2. The molecule has 8 heteroatoms. The van der Waals surface area contributed by atoms with E-state index in [1.165, 1.54) is 17.4 Å². The molecule has 0 spiro atoms. The number of imidazole rings is 1. The molecule has 2 aromatic heterocycles. The third kappa shape index (κ3) is 5.07. The van der Waals surface area contributed by atoms with Gasteiger partial charge in [-0.15, -0.1) is 11.3 Å². The molecule has 1 fully saturated rings. The number of carbonyl (C=O) groups is 2. The molecule has 37 heavy (non-hydrogen) atoms. The summed E-state index contributed by atoms with van der Waals surface area (Å²) in [6.07, 6.45) is 4.37. The average Bonchev–Trinajstić information content (AvgIpc) is 3.51. The van der Waals surface area contributed by atoms with Crippen molar-refractivity contribution < 1.29 is 18.7 Å². The van der Waals surface area contributed by atoms with Gasteiger partial charge in [0.1, 0.15) is 17.4 Å². The zero-order chi connectivity index (χ0) is 26.1. The van der Waals surface area contributed by atoms with Gasteiger partial charge in [0.2, 0.25) is 0 Å². The van der Waals surface area contributed by atoms with Gasteiger partial charge in [-0.2, -0.15) is 0 Å². The molecule has 1 saturated carbocycles. The summed E-state index contributed by atoms with van der Waals surface area (Å²) in [4.78, 5) is 31.0. The summed E-state index contributed by atoms with van der Waals surface area (Å²) >= 11 is 7.35. The molecule has 5 rings (SSSR count). The molecule has 5 nitrogen and oxygen atoms in total. The van der Waals surface area contributed by atoms with Gasteiger partial charge in [0.05, 0.1) is 38.5 Å². The number of nitrogens with zero attached hydrogens (tertiary/aromatic N) is 2. The Labute approximate surface area is 224 Å². The molecule has 0 unspecified atom stereocenters. The lowest BCUT2D eigenvalue weighted by atomic mass is 9.82. The Morgan fingerprint density at radius 3 is 2.68 bits per heavy atom. The number of aromatic nitrogens is 2. The number of hydrogen-bond acceptors (Lipinski definition) is 5. The second kappa shape index (κ2) is 10.8. The van der Waals surface area contributed by atoms with Crippen LogP contribution in [0.15, 0.2) is 48.5 Å². The second-order valence-corrected chi connectivity index (χ2v) is 11.2. The van der Waals surface area contributed by atoms with E-state index in [1.807, 2.05) is 13.0 Å². The number of hydrogen-bond donors (Lipinski definition) is 0. The zero-order valence-electron chi connectivity index (χ0n) is 20.8. The van der Waals surface area contributed by atoms with Crippen molar-refractivity contribution in [3.63, 3.8) is 0 Å². The summed E-state index contributed by atoms with van der Waals surface area (Å²) in [6.45, 7) is 1.81. The number of rotatable bonds is 8. The largest absolute Gasteiger partial charge is 0.496 e. The van der Waals surface area contributed by atoms with Crippen LogP contribution in [0.3, 0.4) is 0 Å². The maximum atomic E-state index is 15.0. The highest BCUT2D eigenvalue weighted by Crippen LogP contribution is 2.41. The molecular formula is C29H28ClFN2O3S. The predicted molar refractivity (Wildman–Crippen MR) is 146 cm³/mol. The van der Waals surface area contributed by atoms with Crippen molar-refractivity contribution in [2.24, 2.45) is 5.92 Å². The van der Waals surface area contributed by atoms with E-state index >= 15 is 4.39 Å². The van der Waals surface area contributed by atoms with Crippen LogP contribution >= 0.6 is 22.9 Å². The van der Waals surface area contributed by atoms with Crippen molar-refractivity contribution in [3.8, 4) is 17.1 Å². The summed E-state index contributed by atoms with van der Waals surface area (Å²) in [5, 5.41) is 0. The quantitative estimate of drug-likeness (QED) is 0.212. The summed E-state index contributed by atoms with van der Waals surface area (Å²) in [5.41, 5.74) is 2.31. The topological polar surface area (TPSA) is 61.2 Å². The molecular weight excluding hydrogens is 511 g/mol. The number of halogens is 2. The average molecular weight is 539 g/mol. The van der Waals surface area contributed by atoms with E-state index in [0.717, 1.165) is 31.2 Å². The molecule has 2 atom stereocenters. The highest BCUT2D eigenvalue weighted by molar-refractivity contribution is 7.18. The predicted octanol–water partition coefficient (Wildman–Crippen LogP) is 8.16. The van der Waals surface area contributed by atoms with Crippen LogP contribution in [0.1, 0.15) is 71.5 Å². The Kier molecular flexibility index (Phi) is 7.45. The SMILES string of the molecule is CCC(=O)c1cc2nc(-c3ccccc3F)n([C@H]3CCC[C@@H](CC(=O)c4ccc(Cl)s4)C3)c2cc1OC. The second-order valence-electron chi connectivity index (χ2n) is 9.52. The summed E-state index contributed by atoms with van der Waals surface area (Å²) in [5.74, 6) is 0.923. The number of ketones is 2. The highest BCUT2D eigenvalue weighted by Gasteiger charge is 2.30. The van der Waals surface area contributed by atoms with E-state index < -0.39 is 0 Å². The number of methoxy groups -OCH3 is 1. The summed E-state index contributed by atoms with van der Waals surface area (Å²) < 4.78 is 23.3. The monoisotopic (exact) mass is 538 g/mol. The lowest BCUT2D eigenvalue weighted by Gasteiger charge is -2.31. The van der Waals surface area contributed by atoms with Gasteiger partial charge in [-0.1, -0.05) is 37.1 Å². The normalized spacial score (nSPS) is 17.7. The Hall–Kier alpha value is -3.03. The van der Waals surface area contributed by atoms with Gasteiger partial charge >= 0.3 is 0 Å². The van der Waals surface area contributed by atoms with Crippen LogP contribution in [0.4, 0.5) is 4.39 Å². The van der Waals surface area contributed by atoms with E-state index in [0.29, 0.717) is 50.3 Å². The standard InChI is InChI=1S/C29H28ClFN2O3S/c1-3-24(34)20-15-22-23(16-26(20)36-2)33(29(32-22)19-9-4-5-10-21(19)31)18-8-6-7-17(13-18)14-25(35)27-11-12-28(30)37-27/h4-5,9-12,15-18H,3,6-8,13-14H2,1-2H3/t17-,18+/m1/s1. The maximum Gasteiger partial charge on any atom is 0.173 e. The van der Waals surface area contributed by atoms with E-state index in [4.69, 9.17) is 21.3 Å². The Morgan fingerprint density at radius 1 is 1.16 bits per heavy atom. The maximum absolute atomic E-state index is 15.0. The first-order chi connectivity index (χ1) is 17.9. The Bertz CT molecular complexity index is 1480. The minimum absolute atomic E-state index is 0.0236. The molecule has 0 saturated heterocycles. The number of ether oxygens (including phenoxy) is 1. The van der Waals surface area contributed by atoms with Crippen molar-refractivity contribution >= 4 is 45.5 Å². The van der Waals surface area contributed by atoms with Crippen molar-refractivity contribution in [2.75, 3.05) is 7.11 Å². The van der Waals surface area contributed by atoms with Crippen LogP contribution in [0, 0.1) is 11.7 Å². The van der Waals surface area contributed by atoms with Crippen LogP contribution < -0.4 is 4.74 Å². The zero-order valence-corrected chi connectivity index (χ0v) is 22.4. The number of benzene rings is 2. The van der Waals surface area contributed by atoms with E-state index in [1.54, 1.807) is 43.5 Å². The van der Waals surface area contributed by atoms with Crippen molar-refractivity contribution in [2.45, 2.75) is 51.5 Å². The molecule has 192 valence electrons. The first-order valence-electron chi connectivity index (χ1n) is 12.6. The number of thiophene rings is 1. The molecule has 0 aliphatic heterocycles. The highest BCUT2D eigenvalue weighted by atomic mass is 35.5. The van der Waals surface area contributed by atoms with Crippen molar-refractivity contribution in [1.82, 2.24) is 9.55 Å². The van der Waals surface area contributed by atoms with E-state index in [9.17, 15) is 9.59 Å². The van der Waals surface area contributed by atoms with E-state index in [2.05, 4.69) is 4.57 Å². The van der Waals surface area contributed by atoms with Crippen LogP contribution in [0.2, 0.25) is 4.34 Å². The van der Waals surface area contributed by atoms with Gasteiger partial charge in [-0.25, -0.2) is 9.37 Å². The first-order valence-corrected chi connectivity index (χ1v) is 13.8. The van der Waals surface area contributed by atoms with Gasteiger partial charge in [0.15, 0.2) is 11.6 Å². The first kappa shape index (κ1) is 25.6. The van der Waals surface area contributed by atoms with Crippen molar-refractivity contribution in [3.05, 3.63) is 69.1 Å². The molecule has 1 aliphatic carbocycles. The third-order valence-corrected chi connectivity index (χ3v) is 8.46. The minimum Gasteiger partial charge on any atom is -0.496 e. The van der Waals surface area contributed by atoms with Crippen LogP contribution in [0.25, 0.3) is 22.4 Å². The van der Waals surface area contributed by atoms with Gasteiger partial charge < -0.3 is 9.30 Å². The lowest BCUT2D eigenvalue weighted by Crippen LogP contribution is -2.22. The smallest absolute Gasteiger partial charge is 0.173 e. The van der Waals surface area contributed by atoms with Crippen LogP contribution in [0.5, 0.6) is 5.75 Å². The van der Waals surface area contributed by atoms with Gasteiger partial charge in [-0.05, 0) is 55.5 Å². The lowest BCUT2D eigenvalue weighted by molar-refractivity contribution is 0.0944. The van der Waals surface area contributed by atoms with Crippen LogP contribution in [-0.2, 0) is 0 Å². The fraction of sp³-hybridized carbons (Fsp3) is 0.345. The minimum atomic E-state index is -0.354. The molecule has 1 aliphatic rings. The fourth-order valence-corrected chi connectivity index (χ4v) is 6.40. The van der Waals surface area contributed by atoms with Gasteiger partial charge in [0.25, 0.3) is 0 Å².